The van der Waals surface area contributed by atoms with Crippen molar-refractivity contribution in [2.24, 2.45) is 28.2 Å². The Morgan fingerprint density at radius 2 is 1.98 bits per heavy atom. The largest absolute Gasteiger partial charge is 0.340 e. The van der Waals surface area contributed by atoms with Gasteiger partial charge in [-0.15, -0.1) is 0 Å². The normalized spacial score (nSPS) is 27.9. The minimum atomic E-state index is -0.0202. The van der Waals surface area contributed by atoms with Gasteiger partial charge in [-0.25, -0.2) is 9.98 Å². The van der Waals surface area contributed by atoms with Gasteiger partial charge < -0.3 is 15.5 Å². The lowest BCUT2D eigenvalue weighted by Gasteiger charge is -2.61. The van der Waals surface area contributed by atoms with E-state index in [0.29, 0.717) is 45.9 Å². The summed E-state index contributed by atoms with van der Waals surface area (Å²) in [6.45, 7) is 12.8. The van der Waals surface area contributed by atoms with Crippen LogP contribution in [0.4, 0.5) is 5.69 Å². The summed E-state index contributed by atoms with van der Waals surface area (Å²) in [7, 11) is 0. The van der Waals surface area contributed by atoms with Crippen molar-refractivity contribution < 1.29 is 0 Å². The molecule has 3 saturated carbocycles. The van der Waals surface area contributed by atoms with Gasteiger partial charge in [-0.05, 0) is 85.3 Å². The third-order valence-electron chi connectivity index (χ3n) is 9.91. The first-order chi connectivity index (χ1) is 19.2. The number of piperazine rings is 1. The van der Waals surface area contributed by atoms with Crippen LogP contribution in [0.5, 0.6) is 0 Å². The van der Waals surface area contributed by atoms with E-state index in [2.05, 4.69) is 48.2 Å². The van der Waals surface area contributed by atoms with Crippen molar-refractivity contribution in [2.75, 3.05) is 25.0 Å². The van der Waals surface area contributed by atoms with Crippen LogP contribution in [0.2, 0.25) is 5.02 Å². The van der Waals surface area contributed by atoms with E-state index in [1.165, 1.54) is 6.42 Å². The Bertz CT molecular complexity index is 1460. The summed E-state index contributed by atoms with van der Waals surface area (Å²) in [6.07, 6.45) is 4.91. The highest BCUT2D eigenvalue weighted by Gasteiger charge is 2.56. The lowest BCUT2D eigenvalue weighted by atomic mass is 9.45. The van der Waals surface area contributed by atoms with E-state index in [-0.39, 0.29) is 5.56 Å². The van der Waals surface area contributed by atoms with Gasteiger partial charge >= 0.3 is 0 Å². The third kappa shape index (κ3) is 5.26. The molecule has 0 radical (unpaired) electrons. The number of nitrogens with zero attached hydrogens (tertiary/aromatic N) is 4. The quantitative estimate of drug-likeness (QED) is 0.322. The third-order valence-corrected chi connectivity index (χ3v) is 10.2. The zero-order valence-electron chi connectivity index (χ0n) is 24.0. The maximum atomic E-state index is 13.2. The summed E-state index contributed by atoms with van der Waals surface area (Å²) in [4.78, 5) is 25.7. The molecular formula is C32H41ClN6O. The standard InChI is InChI=1S/C32H41ClN6O/c1-20-18-38(14-12-34-20)31(37-28-16-23-15-27(21(28)2)32(23,3)4)36-25-9-10-26-29(17-25)35-19-39(30(26)40)13-11-22-5-7-24(33)8-6-22/h5-10,17,19-21,23,27-28,34H,11-16,18H2,1-4H3,(H,36,37)/t20-,21+,23-,27-,28-/m0/s1. The van der Waals surface area contributed by atoms with Crippen LogP contribution in [-0.2, 0) is 13.0 Å². The van der Waals surface area contributed by atoms with E-state index in [1.807, 2.05) is 42.5 Å². The van der Waals surface area contributed by atoms with Crippen LogP contribution in [0.1, 0.15) is 46.1 Å². The zero-order chi connectivity index (χ0) is 28.0. The van der Waals surface area contributed by atoms with Gasteiger partial charge in [0, 0.05) is 42.9 Å². The molecule has 2 heterocycles. The Hall–Kier alpha value is -2.90. The molecule has 8 heteroatoms. The number of aryl methyl sites for hydroxylation is 2. The van der Waals surface area contributed by atoms with Gasteiger partial charge in [0.05, 0.1) is 23.3 Å². The molecule has 2 aromatic carbocycles. The highest BCUT2D eigenvalue weighted by molar-refractivity contribution is 6.30. The van der Waals surface area contributed by atoms with Crippen LogP contribution in [0.25, 0.3) is 10.9 Å². The number of aliphatic imine (C=N–C) groups is 1. The van der Waals surface area contributed by atoms with Gasteiger partial charge in [0.2, 0.25) is 0 Å². The molecule has 2 N–H and O–H groups in total. The van der Waals surface area contributed by atoms with Crippen molar-refractivity contribution >= 4 is 34.2 Å². The maximum absolute atomic E-state index is 13.2. The Kier molecular flexibility index (Phi) is 7.38. The molecule has 3 aliphatic carbocycles. The average molecular weight is 561 g/mol. The van der Waals surface area contributed by atoms with Crippen molar-refractivity contribution in [3.8, 4) is 0 Å². The number of hydrogen-bond acceptors (Lipinski definition) is 4. The highest BCUT2D eigenvalue weighted by atomic mass is 35.5. The topological polar surface area (TPSA) is 74.5 Å². The van der Waals surface area contributed by atoms with Crippen LogP contribution in [-0.4, -0.2) is 52.1 Å². The lowest BCUT2D eigenvalue weighted by Crippen LogP contribution is -2.57. The van der Waals surface area contributed by atoms with Gasteiger partial charge in [0.1, 0.15) is 0 Å². The Morgan fingerprint density at radius 3 is 2.70 bits per heavy atom. The molecule has 0 amide bonds. The van der Waals surface area contributed by atoms with E-state index in [1.54, 1.807) is 10.9 Å². The molecule has 0 spiro atoms. The van der Waals surface area contributed by atoms with Crippen LogP contribution in [0, 0.1) is 23.2 Å². The highest BCUT2D eigenvalue weighted by Crippen LogP contribution is 2.61. The second-order valence-electron chi connectivity index (χ2n) is 12.8. The fourth-order valence-electron chi connectivity index (χ4n) is 7.19. The molecule has 1 aliphatic heterocycles. The minimum absolute atomic E-state index is 0.0202. The van der Waals surface area contributed by atoms with Crippen molar-refractivity contribution in [3.05, 3.63) is 69.7 Å². The first kappa shape index (κ1) is 27.3. The van der Waals surface area contributed by atoms with Crippen molar-refractivity contribution in [1.82, 2.24) is 19.8 Å². The van der Waals surface area contributed by atoms with Crippen LogP contribution < -0.4 is 16.2 Å². The smallest absolute Gasteiger partial charge is 0.261 e. The molecule has 7 rings (SSSR count). The predicted octanol–water partition coefficient (Wildman–Crippen LogP) is 5.42. The average Bonchev–Trinajstić information content (AvgIpc) is 2.94. The molecule has 7 nitrogen and oxygen atoms in total. The first-order valence-electron chi connectivity index (χ1n) is 14.8. The molecule has 5 atom stereocenters. The minimum Gasteiger partial charge on any atom is -0.340 e. The second-order valence-corrected chi connectivity index (χ2v) is 13.2. The molecule has 0 unspecified atom stereocenters. The molecule has 1 aromatic heterocycles. The van der Waals surface area contributed by atoms with E-state index in [9.17, 15) is 4.79 Å². The van der Waals surface area contributed by atoms with Gasteiger partial charge in [-0.3, -0.25) is 9.36 Å². The lowest BCUT2D eigenvalue weighted by molar-refractivity contribution is -0.108. The molecule has 212 valence electrons. The van der Waals surface area contributed by atoms with Gasteiger partial charge in [-0.1, -0.05) is 44.5 Å². The Balaban J connectivity index is 1.23. The summed E-state index contributed by atoms with van der Waals surface area (Å²) in [5.41, 5.74) is 3.16. The number of fused-ring (bicyclic) bond motifs is 3. The van der Waals surface area contributed by atoms with Gasteiger partial charge in [-0.2, -0.15) is 0 Å². The molecule has 1 saturated heterocycles. The number of hydrogen-bond donors (Lipinski definition) is 2. The zero-order valence-corrected chi connectivity index (χ0v) is 24.8. The molecule has 4 aliphatic rings. The van der Waals surface area contributed by atoms with Crippen molar-refractivity contribution in [2.45, 2.75) is 65.6 Å². The fraction of sp³-hybridized carbons (Fsp3) is 0.531. The molecule has 2 bridgehead atoms. The Labute approximate surface area is 242 Å². The van der Waals surface area contributed by atoms with E-state index in [0.717, 1.165) is 61.5 Å². The van der Waals surface area contributed by atoms with Crippen LogP contribution in [0.15, 0.2) is 58.6 Å². The molecule has 3 aromatic rings. The maximum Gasteiger partial charge on any atom is 0.261 e. The Morgan fingerprint density at radius 1 is 1.18 bits per heavy atom. The number of halogens is 1. The number of rotatable bonds is 5. The van der Waals surface area contributed by atoms with E-state index < -0.39 is 0 Å². The van der Waals surface area contributed by atoms with Gasteiger partial charge in [0.25, 0.3) is 5.56 Å². The molecule has 40 heavy (non-hydrogen) atoms. The predicted molar refractivity (Wildman–Crippen MR) is 164 cm³/mol. The van der Waals surface area contributed by atoms with Crippen molar-refractivity contribution in [3.63, 3.8) is 0 Å². The summed E-state index contributed by atoms with van der Waals surface area (Å²) in [5.74, 6) is 3.02. The fourth-order valence-corrected chi connectivity index (χ4v) is 7.32. The number of anilines is 1. The van der Waals surface area contributed by atoms with Crippen LogP contribution >= 0.6 is 11.6 Å². The first-order valence-corrected chi connectivity index (χ1v) is 15.1. The summed E-state index contributed by atoms with van der Waals surface area (Å²) < 4.78 is 1.69. The van der Waals surface area contributed by atoms with Crippen molar-refractivity contribution in [1.29, 1.82) is 0 Å². The van der Waals surface area contributed by atoms with E-state index in [4.69, 9.17) is 16.6 Å². The second kappa shape index (κ2) is 10.8. The molecule has 4 fully saturated rings. The van der Waals surface area contributed by atoms with E-state index >= 15 is 0 Å². The number of guanidine groups is 1. The summed E-state index contributed by atoms with van der Waals surface area (Å²) in [6, 6.07) is 14.3. The number of benzene rings is 2. The number of nitrogens with one attached hydrogen (secondary N) is 2. The number of aromatic nitrogens is 2. The monoisotopic (exact) mass is 560 g/mol. The SMILES string of the molecule is C[C@H]1[C@@H](N=C(Nc2ccc3c(=O)n(CCc4ccc(Cl)cc4)cnc3c2)N2CCN[C@@H](C)C2)C[C@@H]2C[C@@H]1C2(C)C. The molecular weight excluding hydrogens is 520 g/mol. The summed E-state index contributed by atoms with van der Waals surface area (Å²) in [5, 5.41) is 8.54. The summed E-state index contributed by atoms with van der Waals surface area (Å²) >= 11 is 6.00. The van der Waals surface area contributed by atoms with Crippen LogP contribution in [0.3, 0.4) is 0 Å². The van der Waals surface area contributed by atoms with Gasteiger partial charge in [0.15, 0.2) is 5.96 Å².